The summed E-state index contributed by atoms with van der Waals surface area (Å²) in [5, 5.41) is 15.7. The number of unbranched alkanes of at least 4 members (excludes halogenated alkanes) is 2. The Labute approximate surface area is 267 Å². The van der Waals surface area contributed by atoms with Crippen LogP contribution in [0.3, 0.4) is 0 Å². The van der Waals surface area contributed by atoms with Crippen molar-refractivity contribution in [1.29, 1.82) is 5.41 Å². The molecule has 0 unspecified atom stereocenters. The average Bonchev–Trinajstić information content (AvgIpc) is 3.01. The van der Waals surface area contributed by atoms with Crippen LogP contribution in [0.4, 0.5) is 11.6 Å². The van der Waals surface area contributed by atoms with E-state index in [-0.39, 0.29) is 40.8 Å². The van der Waals surface area contributed by atoms with Gasteiger partial charge in [0.15, 0.2) is 28.4 Å². The van der Waals surface area contributed by atoms with Gasteiger partial charge in [-0.3, -0.25) is 25.1 Å². The van der Waals surface area contributed by atoms with Gasteiger partial charge in [-0.05, 0) is 73.7 Å². The first kappa shape index (κ1) is 34.7. The van der Waals surface area contributed by atoms with Gasteiger partial charge < -0.3 is 33.6 Å². The van der Waals surface area contributed by atoms with E-state index >= 15 is 0 Å². The number of carbonyl (C=O) groups is 3. The molecular weight excluding hydrogens is 596 g/mol. The molecule has 0 saturated carbocycles. The first-order valence-corrected chi connectivity index (χ1v) is 15.1. The molecular formula is C31H41ClN10O3. The van der Waals surface area contributed by atoms with Crippen LogP contribution >= 0.6 is 11.6 Å². The van der Waals surface area contributed by atoms with E-state index in [9.17, 15) is 14.4 Å². The molecule has 3 rings (SSSR count). The highest BCUT2D eigenvalue weighted by atomic mass is 35.5. The highest BCUT2D eigenvalue weighted by Gasteiger charge is 2.18. The molecule has 1 atom stereocenters. The van der Waals surface area contributed by atoms with Crippen molar-refractivity contribution < 1.29 is 14.4 Å². The fraction of sp³-hybridized carbons (Fsp3) is 0.355. The smallest absolute Gasteiger partial charge is 0.280 e. The third kappa shape index (κ3) is 11.4. The predicted octanol–water partition coefficient (Wildman–Crippen LogP) is 2.27. The Morgan fingerprint density at radius 2 is 1.47 bits per heavy atom. The maximum atomic E-state index is 12.4. The number of amides is 3. The van der Waals surface area contributed by atoms with Crippen LogP contribution in [0, 0.1) is 5.41 Å². The van der Waals surface area contributed by atoms with Gasteiger partial charge in [-0.2, -0.15) is 0 Å². The second-order valence-corrected chi connectivity index (χ2v) is 10.9. The number of halogens is 1. The standard InChI is InChI=1S/C31H41ClN10O3/c32-26-28(35)41-27(34)25(40-26)30(45)42-31(37)38-18-4-2-5-19-7-12-21(13-8-19)22-14-9-20(10-15-22)11-16-24(43)39-23(29(36)44)6-1-3-17-33/h7-10,12-15,23H,1-6,11,16-18,33H2,(H2,36,44)(H,39,43)(H4,34,35,41)(H3,37,38,42,45)/t23-/m1/s1. The fourth-order valence-electron chi connectivity index (χ4n) is 4.52. The van der Waals surface area contributed by atoms with Crippen LogP contribution in [0.2, 0.25) is 5.15 Å². The molecule has 1 aromatic heterocycles. The van der Waals surface area contributed by atoms with Gasteiger partial charge >= 0.3 is 0 Å². The van der Waals surface area contributed by atoms with E-state index in [1.54, 1.807) is 0 Å². The van der Waals surface area contributed by atoms with Gasteiger partial charge in [-0.1, -0.05) is 60.1 Å². The fourth-order valence-corrected chi connectivity index (χ4v) is 4.65. The highest BCUT2D eigenvalue weighted by Crippen LogP contribution is 2.22. The van der Waals surface area contributed by atoms with Gasteiger partial charge in [-0.15, -0.1) is 0 Å². The Morgan fingerprint density at radius 1 is 0.844 bits per heavy atom. The molecule has 13 nitrogen and oxygen atoms in total. The molecule has 0 spiro atoms. The number of hydrogen-bond acceptors (Lipinski definition) is 9. The van der Waals surface area contributed by atoms with Crippen molar-refractivity contribution in [3.05, 3.63) is 70.5 Å². The molecule has 3 amide bonds. The van der Waals surface area contributed by atoms with E-state index in [0.29, 0.717) is 25.9 Å². The number of guanidine groups is 1. The zero-order chi connectivity index (χ0) is 32.8. The molecule has 3 aromatic rings. The van der Waals surface area contributed by atoms with Gasteiger partial charge in [0.05, 0.1) is 0 Å². The Hall–Kier alpha value is -4.75. The lowest BCUT2D eigenvalue weighted by Crippen LogP contribution is -2.44. The summed E-state index contributed by atoms with van der Waals surface area (Å²) in [7, 11) is 0. The first-order valence-electron chi connectivity index (χ1n) is 14.8. The van der Waals surface area contributed by atoms with Crippen molar-refractivity contribution in [3.8, 4) is 11.1 Å². The molecule has 0 saturated heterocycles. The summed E-state index contributed by atoms with van der Waals surface area (Å²) in [5.74, 6) is -1.87. The normalized spacial score (nSPS) is 11.4. The van der Waals surface area contributed by atoms with E-state index in [1.165, 1.54) is 5.56 Å². The quantitative estimate of drug-likeness (QED) is 0.0652. The molecule has 45 heavy (non-hydrogen) atoms. The SMILES string of the molecule is N=C(NCCCCc1ccc(-c2ccc(CCC(=O)N[C@H](CCCCN)C(N)=O)cc2)cc1)NC(=O)c1nc(Cl)c(N)nc1N. The number of nitrogens with two attached hydrogens (primary N) is 4. The van der Waals surface area contributed by atoms with Crippen LogP contribution in [0.1, 0.15) is 60.1 Å². The van der Waals surface area contributed by atoms with E-state index in [1.807, 2.05) is 24.3 Å². The summed E-state index contributed by atoms with van der Waals surface area (Å²) in [6.45, 7) is 1.03. The molecule has 240 valence electrons. The number of aryl methyl sites for hydroxylation is 2. The van der Waals surface area contributed by atoms with Gasteiger partial charge in [0.25, 0.3) is 5.91 Å². The Balaban J connectivity index is 1.37. The van der Waals surface area contributed by atoms with Crippen LogP contribution in [0.25, 0.3) is 11.1 Å². The summed E-state index contributed by atoms with van der Waals surface area (Å²) in [6, 6.07) is 15.7. The summed E-state index contributed by atoms with van der Waals surface area (Å²) >= 11 is 5.80. The maximum absolute atomic E-state index is 12.4. The Kier molecular flexibility index (Phi) is 13.5. The van der Waals surface area contributed by atoms with Crippen LogP contribution in [-0.4, -0.2) is 52.8 Å². The minimum absolute atomic E-state index is 0.0777. The van der Waals surface area contributed by atoms with E-state index in [4.69, 9.17) is 39.9 Å². The molecule has 0 aliphatic heterocycles. The third-order valence-corrected chi connectivity index (χ3v) is 7.34. The van der Waals surface area contributed by atoms with Crippen molar-refractivity contribution in [2.45, 2.75) is 57.4 Å². The molecule has 0 bridgehead atoms. The van der Waals surface area contributed by atoms with E-state index in [0.717, 1.165) is 48.8 Å². The number of carbonyl (C=O) groups excluding carboxylic acids is 3. The second kappa shape index (κ2) is 17.5. The second-order valence-electron chi connectivity index (χ2n) is 10.5. The number of benzene rings is 2. The van der Waals surface area contributed by atoms with Gasteiger partial charge in [0, 0.05) is 13.0 Å². The molecule has 1 heterocycles. The number of nitrogen functional groups attached to an aromatic ring is 2. The third-order valence-electron chi connectivity index (χ3n) is 7.06. The molecule has 0 fully saturated rings. The summed E-state index contributed by atoms with van der Waals surface area (Å²) in [6.07, 6.45) is 5.36. The lowest BCUT2D eigenvalue weighted by molar-refractivity contribution is -0.127. The van der Waals surface area contributed by atoms with Crippen LogP contribution in [0.15, 0.2) is 48.5 Å². The van der Waals surface area contributed by atoms with Crippen LogP contribution in [0.5, 0.6) is 0 Å². The topological polar surface area (TPSA) is 241 Å². The van der Waals surface area contributed by atoms with E-state index < -0.39 is 17.9 Å². The van der Waals surface area contributed by atoms with Crippen molar-refractivity contribution in [2.24, 2.45) is 11.5 Å². The number of anilines is 2. The number of primary amides is 1. The molecule has 0 aliphatic carbocycles. The molecule has 0 radical (unpaired) electrons. The molecule has 2 aromatic carbocycles. The van der Waals surface area contributed by atoms with Gasteiger partial charge in [0.2, 0.25) is 11.8 Å². The summed E-state index contributed by atoms with van der Waals surface area (Å²) < 4.78 is 0. The number of nitrogens with one attached hydrogen (secondary N) is 4. The van der Waals surface area contributed by atoms with Crippen LogP contribution in [-0.2, 0) is 22.4 Å². The molecule has 0 aliphatic rings. The van der Waals surface area contributed by atoms with Crippen molar-refractivity contribution in [2.75, 3.05) is 24.6 Å². The Bertz CT molecular complexity index is 1470. The zero-order valence-corrected chi connectivity index (χ0v) is 25.8. The molecule has 12 N–H and O–H groups in total. The predicted molar refractivity (Wildman–Crippen MR) is 176 cm³/mol. The van der Waals surface area contributed by atoms with Crippen molar-refractivity contribution in [3.63, 3.8) is 0 Å². The Morgan fingerprint density at radius 3 is 2.07 bits per heavy atom. The zero-order valence-electron chi connectivity index (χ0n) is 25.1. The van der Waals surface area contributed by atoms with E-state index in [2.05, 4.69) is 50.2 Å². The van der Waals surface area contributed by atoms with Crippen LogP contribution < -0.4 is 38.9 Å². The van der Waals surface area contributed by atoms with Gasteiger partial charge in [-0.25, -0.2) is 9.97 Å². The number of rotatable bonds is 16. The van der Waals surface area contributed by atoms with Crippen molar-refractivity contribution in [1.82, 2.24) is 25.9 Å². The van der Waals surface area contributed by atoms with Crippen molar-refractivity contribution >= 4 is 46.9 Å². The largest absolute Gasteiger partial charge is 0.382 e. The minimum Gasteiger partial charge on any atom is -0.382 e. The number of aromatic nitrogens is 2. The monoisotopic (exact) mass is 636 g/mol. The lowest BCUT2D eigenvalue weighted by atomic mass is 9.99. The average molecular weight is 637 g/mol. The first-order chi connectivity index (χ1) is 21.6. The number of hydrogen-bond donors (Lipinski definition) is 8. The lowest BCUT2D eigenvalue weighted by Gasteiger charge is -2.15. The summed E-state index contributed by atoms with van der Waals surface area (Å²) in [5.41, 5.74) is 26.3. The van der Waals surface area contributed by atoms with Gasteiger partial charge in [0.1, 0.15) is 6.04 Å². The minimum atomic E-state index is -0.707. The summed E-state index contributed by atoms with van der Waals surface area (Å²) in [4.78, 5) is 43.9. The molecule has 14 heteroatoms. The maximum Gasteiger partial charge on any atom is 0.280 e. The highest BCUT2D eigenvalue weighted by molar-refractivity contribution is 6.31. The number of nitrogens with zero attached hydrogens (tertiary/aromatic N) is 2.